The fourth-order valence-electron chi connectivity index (χ4n) is 1.82. The number of rotatable bonds is 1. The Labute approximate surface area is 86.4 Å². The minimum Gasteiger partial charge on any atom is -0.348 e. The molecule has 0 radical (unpaired) electrons. The van der Waals surface area contributed by atoms with E-state index in [0.717, 1.165) is 19.6 Å². The molecule has 0 amide bonds. The predicted molar refractivity (Wildman–Crippen MR) is 57.2 cm³/mol. The molecule has 2 aromatic heterocycles. The minimum atomic E-state index is 0.985. The van der Waals surface area contributed by atoms with E-state index in [1.807, 2.05) is 11.7 Å². The first kappa shape index (κ1) is 8.20. The lowest BCUT2D eigenvalue weighted by molar-refractivity contribution is 0.517. The minimum absolute atomic E-state index is 0.985. The summed E-state index contributed by atoms with van der Waals surface area (Å²) in [4.78, 5) is 5.35. The summed E-state index contributed by atoms with van der Waals surface area (Å²) < 4.78 is 2.32. The van der Waals surface area contributed by atoms with Crippen LogP contribution < -0.4 is 5.32 Å². The fraction of sp³-hybridized carbons (Fsp3) is 0.300. The number of fused-ring (bicyclic) bond motifs is 1. The highest BCUT2D eigenvalue weighted by Gasteiger charge is 2.11. The van der Waals surface area contributed by atoms with Gasteiger partial charge in [0.1, 0.15) is 0 Å². The maximum absolute atomic E-state index is 4.10. The van der Waals surface area contributed by atoms with E-state index in [1.54, 1.807) is 11.3 Å². The van der Waals surface area contributed by atoms with Crippen LogP contribution in [0.25, 0.3) is 10.4 Å². The van der Waals surface area contributed by atoms with Crippen LogP contribution in [0.3, 0.4) is 0 Å². The van der Waals surface area contributed by atoms with Crippen molar-refractivity contribution >= 4 is 11.3 Å². The molecule has 0 fully saturated rings. The van der Waals surface area contributed by atoms with Crippen molar-refractivity contribution in [3.05, 3.63) is 29.7 Å². The summed E-state index contributed by atoms with van der Waals surface area (Å²) in [5.41, 5.74) is 4.55. The maximum atomic E-state index is 4.10. The number of nitrogens with one attached hydrogen (secondary N) is 1. The first-order chi connectivity index (χ1) is 6.93. The van der Waals surface area contributed by atoms with Gasteiger partial charge in [-0.2, -0.15) is 0 Å². The third-order valence-corrected chi connectivity index (χ3v) is 3.36. The van der Waals surface area contributed by atoms with E-state index in [-0.39, 0.29) is 0 Å². The van der Waals surface area contributed by atoms with Crippen molar-refractivity contribution in [1.82, 2.24) is 14.9 Å². The zero-order valence-corrected chi connectivity index (χ0v) is 8.55. The summed E-state index contributed by atoms with van der Waals surface area (Å²) >= 11 is 1.69. The van der Waals surface area contributed by atoms with Crippen LogP contribution in [0.5, 0.6) is 0 Å². The van der Waals surface area contributed by atoms with Crippen molar-refractivity contribution in [2.24, 2.45) is 0 Å². The van der Waals surface area contributed by atoms with Gasteiger partial charge in [0.25, 0.3) is 0 Å². The zero-order valence-electron chi connectivity index (χ0n) is 7.73. The summed E-state index contributed by atoms with van der Waals surface area (Å²) in [6.07, 6.45) is 4.16. The Kier molecular flexibility index (Phi) is 1.89. The van der Waals surface area contributed by atoms with Crippen LogP contribution in [0.2, 0.25) is 0 Å². The van der Waals surface area contributed by atoms with Gasteiger partial charge < -0.3 is 9.88 Å². The molecule has 1 aliphatic rings. The first-order valence-corrected chi connectivity index (χ1v) is 5.60. The third-order valence-electron chi connectivity index (χ3n) is 2.54. The molecule has 1 aliphatic heterocycles. The molecular weight excluding hydrogens is 194 g/mol. The second-order valence-corrected chi connectivity index (χ2v) is 4.34. The Bertz CT molecular complexity index is 407. The molecule has 0 aliphatic carbocycles. The molecule has 2 aromatic rings. The molecule has 0 atom stereocenters. The molecule has 1 N–H and O–H groups in total. The second-order valence-electron chi connectivity index (χ2n) is 3.46. The SMILES string of the molecule is c1ncc(-c2cc3n(c2)CCNC3)s1. The van der Waals surface area contributed by atoms with E-state index < -0.39 is 0 Å². The van der Waals surface area contributed by atoms with Crippen LogP contribution in [0.1, 0.15) is 5.69 Å². The van der Waals surface area contributed by atoms with E-state index in [2.05, 4.69) is 27.1 Å². The van der Waals surface area contributed by atoms with Gasteiger partial charge in [-0.05, 0) is 6.07 Å². The fourth-order valence-corrected chi connectivity index (χ4v) is 2.42. The van der Waals surface area contributed by atoms with Gasteiger partial charge in [0.15, 0.2) is 0 Å². The Balaban J connectivity index is 2.04. The molecule has 0 bridgehead atoms. The average Bonchev–Trinajstić information content (AvgIpc) is 2.86. The Morgan fingerprint density at radius 2 is 2.50 bits per heavy atom. The van der Waals surface area contributed by atoms with Crippen molar-refractivity contribution in [3.8, 4) is 10.4 Å². The number of hydrogen-bond donors (Lipinski definition) is 1. The summed E-state index contributed by atoms with van der Waals surface area (Å²) in [6.45, 7) is 3.14. The summed E-state index contributed by atoms with van der Waals surface area (Å²) in [7, 11) is 0. The molecule has 4 heteroatoms. The number of thiazole rings is 1. The zero-order chi connectivity index (χ0) is 9.38. The van der Waals surface area contributed by atoms with Crippen molar-refractivity contribution < 1.29 is 0 Å². The van der Waals surface area contributed by atoms with Gasteiger partial charge in [-0.3, -0.25) is 4.98 Å². The molecule has 3 nitrogen and oxygen atoms in total. The van der Waals surface area contributed by atoms with E-state index >= 15 is 0 Å². The van der Waals surface area contributed by atoms with Crippen LogP contribution in [0.15, 0.2) is 24.0 Å². The third kappa shape index (κ3) is 1.27. The van der Waals surface area contributed by atoms with Crippen LogP contribution in [0.4, 0.5) is 0 Å². The summed E-state index contributed by atoms with van der Waals surface area (Å²) in [5.74, 6) is 0. The van der Waals surface area contributed by atoms with Gasteiger partial charge in [0.2, 0.25) is 0 Å². The highest BCUT2D eigenvalue weighted by Crippen LogP contribution is 2.26. The van der Waals surface area contributed by atoms with E-state index in [1.165, 1.54) is 16.1 Å². The molecule has 14 heavy (non-hydrogen) atoms. The van der Waals surface area contributed by atoms with Crippen molar-refractivity contribution in [2.45, 2.75) is 13.1 Å². The van der Waals surface area contributed by atoms with Gasteiger partial charge in [-0.1, -0.05) is 0 Å². The topological polar surface area (TPSA) is 29.9 Å². The lowest BCUT2D eigenvalue weighted by Gasteiger charge is -2.15. The van der Waals surface area contributed by atoms with Gasteiger partial charge >= 0.3 is 0 Å². The molecule has 3 heterocycles. The van der Waals surface area contributed by atoms with Gasteiger partial charge in [-0.25, -0.2) is 0 Å². The molecule has 0 unspecified atom stereocenters. The molecule has 0 saturated heterocycles. The molecular formula is C10H11N3S. The van der Waals surface area contributed by atoms with E-state index in [4.69, 9.17) is 0 Å². The van der Waals surface area contributed by atoms with Crippen molar-refractivity contribution in [1.29, 1.82) is 0 Å². The van der Waals surface area contributed by atoms with Crippen molar-refractivity contribution in [2.75, 3.05) is 6.54 Å². The molecule has 0 saturated carbocycles. The van der Waals surface area contributed by atoms with E-state index in [0.29, 0.717) is 0 Å². The lowest BCUT2D eigenvalue weighted by atomic mass is 10.3. The van der Waals surface area contributed by atoms with E-state index in [9.17, 15) is 0 Å². The van der Waals surface area contributed by atoms with Gasteiger partial charge in [0, 0.05) is 43.3 Å². The molecule has 0 spiro atoms. The highest BCUT2D eigenvalue weighted by molar-refractivity contribution is 7.13. The monoisotopic (exact) mass is 205 g/mol. The normalized spacial score (nSPS) is 15.4. The smallest absolute Gasteiger partial charge is 0.0797 e. The number of hydrogen-bond acceptors (Lipinski definition) is 3. The molecule has 72 valence electrons. The lowest BCUT2D eigenvalue weighted by Crippen LogP contribution is -2.27. The maximum Gasteiger partial charge on any atom is 0.0797 e. The highest BCUT2D eigenvalue weighted by atomic mass is 32.1. The average molecular weight is 205 g/mol. The van der Waals surface area contributed by atoms with Gasteiger partial charge in [-0.15, -0.1) is 11.3 Å². The van der Waals surface area contributed by atoms with Crippen molar-refractivity contribution in [3.63, 3.8) is 0 Å². The summed E-state index contributed by atoms with van der Waals surface area (Å²) in [6, 6.07) is 2.25. The number of nitrogens with zero attached hydrogens (tertiary/aromatic N) is 2. The Hall–Kier alpha value is -1.13. The van der Waals surface area contributed by atoms with Crippen LogP contribution in [-0.2, 0) is 13.1 Å². The van der Waals surface area contributed by atoms with Gasteiger partial charge in [0.05, 0.1) is 10.4 Å². The Morgan fingerprint density at radius 3 is 3.29 bits per heavy atom. The molecule has 3 rings (SSSR count). The number of aromatic nitrogens is 2. The largest absolute Gasteiger partial charge is 0.348 e. The quantitative estimate of drug-likeness (QED) is 0.768. The van der Waals surface area contributed by atoms with Crippen LogP contribution in [-0.4, -0.2) is 16.1 Å². The van der Waals surface area contributed by atoms with Crippen LogP contribution in [0, 0.1) is 0 Å². The van der Waals surface area contributed by atoms with Crippen LogP contribution >= 0.6 is 11.3 Å². The first-order valence-electron chi connectivity index (χ1n) is 4.72. The summed E-state index contributed by atoms with van der Waals surface area (Å²) in [5, 5.41) is 3.37. The predicted octanol–water partition coefficient (Wildman–Crippen LogP) is 1.71. The second kappa shape index (κ2) is 3.22. The molecule has 0 aromatic carbocycles. The Morgan fingerprint density at radius 1 is 1.50 bits per heavy atom. The standard InChI is InChI=1S/C10H11N3S/c1-2-13-6-8(3-9(13)4-11-1)10-5-12-7-14-10/h3,5-7,11H,1-2,4H2.